The number of carbonyl (C=O) groups is 1. The zero-order valence-corrected chi connectivity index (χ0v) is 12.2. The van der Waals surface area contributed by atoms with Crippen LogP contribution in [-0.2, 0) is 14.3 Å². The number of ether oxygens (including phenoxy) is 3. The Hall–Kier alpha value is -1.56. The van der Waals surface area contributed by atoms with Crippen molar-refractivity contribution in [1.29, 1.82) is 0 Å². The summed E-state index contributed by atoms with van der Waals surface area (Å²) < 4.78 is 15.1. The van der Waals surface area contributed by atoms with Gasteiger partial charge in [0.1, 0.15) is 12.4 Å². The van der Waals surface area contributed by atoms with Crippen molar-refractivity contribution >= 4 is 24.5 Å². The van der Waals surface area contributed by atoms with Gasteiger partial charge >= 0.3 is 5.97 Å². The molecule has 0 spiro atoms. The van der Waals surface area contributed by atoms with Crippen molar-refractivity contribution in [3.05, 3.63) is 35.9 Å². The van der Waals surface area contributed by atoms with E-state index in [0.717, 1.165) is 11.3 Å². The van der Waals surface area contributed by atoms with E-state index in [1.165, 1.54) is 6.08 Å². The number of methoxy groups -OCH3 is 1. The molecule has 6 heteroatoms. The van der Waals surface area contributed by atoms with E-state index in [0.29, 0.717) is 19.8 Å². The van der Waals surface area contributed by atoms with Gasteiger partial charge in [-0.05, 0) is 23.8 Å². The highest BCUT2D eigenvalue weighted by atomic mass is 35.5. The first-order valence-corrected chi connectivity index (χ1v) is 6.03. The van der Waals surface area contributed by atoms with E-state index in [1.54, 1.807) is 13.2 Å². The van der Waals surface area contributed by atoms with Gasteiger partial charge in [0.25, 0.3) is 0 Å². The third-order valence-electron chi connectivity index (χ3n) is 2.26. The Morgan fingerprint density at radius 2 is 1.90 bits per heavy atom. The molecule has 5 nitrogen and oxygen atoms in total. The molecule has 0 radical (unpaired) electrons. The molecule has 0 aliphatic heterocycles. The van der Waals surface area contributed by atoms with Gasteiger partial charge in [-0.25, -0.2) is 4.79 Å². The summed E-state index contributed by atoms with van der Waals surface area (Å²) >= 11 is 0. The Kier molecular flexibility index (Phi) is 10.4. The molecule has 0 unspecified atom stereocenters. The van der Waals surface area contributed by atoms with Crippen molar-refractivity contribution in [2.45, 2.75) is 0 Å². The maximum absolute atomic E-state index is 11.4. The molecule has 0 atom stereocenters. The van der Waals surface area contributed by atoms with Crippen LogP contribution in [0.1, 0.15) is 5.56 Å². The summed E-state index contributed by atoms with van der Waals surface area (Å²) in [4.78, 5) is 11.4. The average Bonchev–Trinajstić information content (AvgIpc) is 2.45. The maximum Gasteiger partial charge on any atom is 0.330 e. The summed E-state index contributed by atoms with van der Waals surface area (Å²) in [5.74, 6) is 0.379. The smallest absolute Gasteiger partial charge is 0.330 e. The summed E-state index contributed by atoms with van der Waals surface area (Å²) in [5, 5.41) is 0. The molecular formula is C14H20ClNO4. The van der Waals surface area contributed by atoms with Gasteiger partial charge < -0.3 is 19.9 Å². The van der Waals surface area contributed by atoms with Crippen molar-refractivity contribution in [2.24, 2.45) is 5.73 Å². The molecule has 0 amide bonds. The topological polar surface area (TPSA) is 70.8 Å². The summed E-state index contributed by atoms with van der Waals surface area (Å²) in [7, 11) is 1.61. The fourth-order valence-electron chi connectivity index (χ4n) is 1.31. The lowest BCUT2D eigenvalue weighted by molar-refractivity contribution is -0.139. The average molecular weight is 302 g/mol. The van der Waals surface area contributed by atoms with Crippen molar-refractivity contribution in [3.63, 3.8) is 0 Å². The van der Waals surface area contributed by atoms with Crippen LogP contribution >= 0.6 is 12.4 Å². The number of halogens is 1. The highest BCUT2D eigenvalue weighted by Crippen LogP contribution is 2.12. The predicted octanol–water partition coefficient (Wildman–Crippen LogP) is 1.65. The fraction of sp³-hybridized carbons (Fsp3) is 0.357. The SMILES string of the molecule is COc1ccc(/C=C/C(=O)OCCOCCN)cc1.Cl. The summed E-state index contributed by atoms with van der Waals surface area (Å²) in [6, 6.07) is 7.36. The molecule has 0 saturated heterocycles. The zero-order valence-electron chi connectivity index (χ0n) is 11.4. The minimum Gasteiger partial charge on any atom is -0.497 e. The monoisotopic (exact) mass is 301 g/mol. The fourth-order valence-corrected chi connectivity index (χ4v) is 1.31. The lowest BCUT2D eigenvalue weighted by Crippen LogP contribution is -2.13. The quantitative estimate of drug-likeness (QED) is 0.449. The molecule has 1 aromatic carbocycles. The van der Waals surface area contributed by atoms with Crippen LogP contribution in [0.4, 0.5) is 0 Å². The van der Waals surface area contributed by atoms with Gasteiger partial charge in [-0.3, -0.25) is 0 Å². The molecule has 20 heavy (non-hydrogen) atoms. The first-order chi connectivity index (χ1) is 9.26. The van der Waals surface area contributed by atoms with Crippen LogP contribution in [0, 0.1) is 0 Å². The molecule has 0 aliphatic carbocycles. The second kappa shape index (κ2) is 11.3. The van der Waals surface area contributed by atoms with Gasteiger partial charge in [0.15, 0.2) is 0 Å². The van der Waals surface area contributed by atoms with E-state index in [1.807, 2.05) is 24.3 Å². The molecule has 0 heterocycles. The molecule has 2 N–H and O–H groups in total. The van der Waals surface area contributed by atoms with Gasteiger partial charge in [-0.1, -0.05) is 12.1 Å². The summed E-state index contributed by atoms with van der Waals surface area (Å²) in [6.45, 7) is 1.52. The summed E-state index contributed by atoms with van der Waals surface area (Å²) in [6.07, 6.45) is 3.06. The predicted molar refractivity (Wildman–Crippen MR) is 80.1 cm³/mol. The number of rotatable bonds is 8. The minimum absolute atomic E-state index is 0. The van der Waals surface area contributed by atoms with Gasteiger partial charge in [-0.2, -0.15) is 0 Å². The number of hydrogen-bond donors (Lipinski definition) is 1. The Bertz CT molecular complexity index is 406. The van der Waals surface area contributed by atoms with Crippen molar-refractivity contribution in [1.82, 2.24) is 0 Å². The third-order valence-corrected chi connectivity index (χ3v) is 2.26. The molecule has 0 bridgehead atoms. The Morgan fingerprint density at radius 1 is 1.20 bits per heavy atom. The molecule has 0 aromatic heterocycles. The van der Waals surface area contributed by atoms with Crippen LogP contribution in [0.2, 0.25) is 0 Å². The van der Waals surface area contributed by atoms with Crippen LogP contribution < -0.4 is 10.5 Å². The Morgan fingerprint density at radius 3 is 2.50 bits per heavy atom. The second-order valence-electron chi connectivity index (χ2n) is 3.68. The van der Waals surface area contributed by atoms with Crippen LogP contribution in [0.25, 0.3) is 6.08 Å². The number of benzene rings is 1. The number of esters is 1. The van der Waals surface area contributed by atoms with Crippen molar-refractivity contribution < 1.29 is 19.0 Å². The third kappa shape index (κ3) is 7.78. The van der Waals surface area contributed by atoms with Crippen molar-refractivity contribution in [2.75, 3.05) is 33.5 Å². The molecule has 1 rings (SSSR count). The lowest BCUT2D eigenvalue weighted by Gasteiger charge is -2.02. The van der Waals surface area contributed by atoms with Gasteiger partial charge in [0.2, 0.25) is 0 Å². The Labute approximate surface area is 125 Å². The van der Waals surface area contributed by atoms with Crippen LogP contribution in [-0.4, -0.2) is 39.4 Å². The van der Waals surface area contributed by atoms with E-state index in [2.05, 4.69) is 0 Å². The highest BCUT2D eigenvalue weighted by Gasteiger charge is 1.97. The number of nitrogens with two attached hydrogens (primary N) is 1. The number of hydrogen-bond acceptors (Lipinski definition) is 5. The largest absolute Gasteiger partial charge is 0.497 e. The van der Waals surface area contributed by atoms with E-state index in [-0.39, 0.29) is 19.0 Å². The molecule has 1 aromatic rings. The van der Waals surface area contributed by atoms with E-state index >= 15 is 0 Å². The van der Waals surface area contributed by atoms with Gasteiger partial charge in [0.05, 0.1) is 20.3 Å². The van der Waals surface area contributed by atoms with Crippen LogP contribution in [0.15, 0.2) is 30.3 Å². The van der Waals surface area contributed by atoms with E-state index in [4.69, 9.17) is 19.9 Å². The first-order valence-electron chi connectivity index (χ1n) is 6.03. The second-order valence-corrected chi connectivity index (χ2v) is 3.68. The summed E-state index contributed by atoms with van der Waals surface area (Å²) in [5.41, 5.74) is 6.15. The molecule has 112 valence electrons. The lowest BCUT2D eigenvalue weighted by atomic mass is 10.2. The normalized spacial score (nSPS) is 10.1. The highest BCUT2D eigenvalue weighted by molar-refractivity contribution is 5.87. The molecule has 0 fully saturated rings. The molecule has 0 aliphatic rings. The van der Waals surface area contributed by atoms with Gasteiger partial charge in [0, 0.05) is 12.6 Å². The number of carbonyl (C=O) groups excluding carboxylic acids is 1. The van der Waals surface area contributed by atoms with Crippen LogP contribution in [0.5, 0.6) is 5.75 Å². The van der Waals surface area contributed by atoms with Crippen LogP contribution in [0.3, 0.4) is 0 Å². The molecular weight excluding hydrogens is 282 g/mol. The maximum atomic E-state index is 11.4. The first kappa shape index (κ1) is 18.4. The van der Waals surface area contributed by atoms with E-state index in [9.17, 15) is 4.79 Å². The van der Waals surface area contributed by atoms with Gasteiger partial charge in [-0.15, -0.1) is 12.4 Å². The standard InChI is InChI=1S/C14H19NO4.ClH/c1-17-13-5-2-12(3-6-13)4-7-14(16)19-11-10-18-9-8-15;/h2-7H,8-11,15H2,1H3;1H/b7-4+;. The Balaban J connectivity index is 0.00000361. The zero-order chi connectivity index (χ0) is 13.9. The van der Waals surface area contributed by atoms with Crippen molar-refractivity contribution in [3.8, 4) is 5.75 Å². The van der Waals surface area contributed by atoms with E-state index < -0.39 is 5.97 Å². The molecule has 0 saturated carbocycles. The minimum atomic E-state index is -0.396.